The number of carbonyl (C=O) groups is 4. The molecule has 0 N–H and O–H groups in total. The predicted octanol–water partition coefficient (Wildman–Crippen LogP) is 11.8. The highest BCUT2D eigenvalue weighted by Crippen LogP contribution is 2.22. The number of aliphatic imine (C=N–C) groups is 2. The van der Waals surface area contributed by atoms with Gasteiger partial charge in [-0.25, -0.2) is 9.59 Å². The lowest BCUT2D eigenvalue weighted by atomic mass is 9.88. The fourth-order valence-corrected chi connectivity index (χ4v) is 5.88. The summed E-state index contributed by atoms with van der Waals surface area (Å²) < 4.78 is 28.1. The summed E-state index contributed by atoms with van der Waals surface area (Å²) in [6.07, 6.45) is 5.94. The van der Waals surface area contributed by atoms with E-state index in [2.05, 4.69) is 22.1 Å². The molecule has 0 aromatic heterocycles. The summed E-state index contributed by atoms with van der Waals surface area (Å²) in [4.78, 5) is 58.2. The lowest BCUT2D eigenvalue weighted by molar-refractivity contribution is -0.153. The van der Waals surface area contributed by atoms with Gasteiger partial charge in [-0.3, -0.25) is 9.59 Å². The average Bonchev–Trinajstić information content (AvgIpc) is 3.05. The van der Waals surface area contributed by atoms with E-state index in [0.29, 0.717) is 50.3 Å². The van der Waals surface area contributed by atoms with Gasteiger partial charge in [0.25, 0.3) is 0 Å². The van der Waals surface area contributed by atoms with Gasteiger partial charge in [0, 0.05) is 24.3 Å². The highest BCUT2D eigenvalue weighted by molar-refractivity contribution is 6.05. The van der Waals surface area contributed by atoms with E-state index in [1.165, 1.54) is 0 Å². The van der Waals surface area contributed by atoms with Crippen molar-refractivity contribution in [3.05, 3.63) is 59.7 Å². The van der Waals surface area contributed by atoms with Gasteiger partial charge < -0.3 is 23.7 Å². The van der Waals surface area contributed by atoms with Crippen molar-refractivity contribution < 1.29 is 42.9 Å². The van der Waals surface area contributed by atoms with Crippen LogP contribution in [0, 0.1) is 5.41 Å². The summed E-state index contributed by atoms with van der Waals surface area (Å²) in [5.74, 6) is 1.28. The Hall–Kier alpha value is -4.54. The zero-order chi connectivity index (χ0) is 44.3. The molecular formula is C48H72N2O9. The van der Waals surface area contributed by atoms with Gasteiger partial charge in [-0.1, -0.05) is 45.0 Å². The molecule has 59 heavy (non-hydrogen) atoms. The number of amides is 2. The fraction of sp³-hybridized carbons (Fsp3) is 0.625. The van der Waals surface area contributed by atoms with Crippen molar-refractivity contribution in [2.24, 2.45) is 15.4 Å². The van der Waals surface area contributed by atoms with Crippen molar-refractivity contribution in [1.82, 2.24) is 0 Å². The molecule has 0 bridgehead atoms. The third-order valence-corrected chi connectivity index (χ3v) is 8.22. The second-order valence-corrected chi connectivity index (χ2v) is 19.3. The van der Waals surface area contributed by atoms with Crippen molar-refractivity contribution in [2.45, 2.75) is 177 Å². The summed E-state index contributed by atoms with van der Waals surface area (Å²) in [6, 6.07) is 16.0. The van der Waals surface area contributed by atoms with Crippen LogP contribution in [0.5, 0.6) is 11.5 Å². The normalized spacial score (nSPS) is 12.8. The molecule has 0 aliphatic rings. The lowest BCUT2D eigenvalue weighted by Gasteiger charge is -2.20. The van der Waals surface area contributed by atoms with E-state index in [1.807, 2.05) is 57.2 Å². The molecule has 328 valence electrons. The second kappa shape index (κ2) is 23.9. The highest BCUT2D eigenvalue weighted by atomic mass is 16.6. The molecule has 0 saturated carbocycles. The van der Waals surface area contributed by atoms with Crippen LogP contribution in [0.3, 0.4) is 0 Å². The van der Waals surface area contributed by atoms with Crippen LogP contribution in [-0.4, -0.2) is 65.4 Å². The fourth-order valence-electron chi connectivity index (χ4n) is 5.88. The molecule has 0 heterocycles. The Morgan fingerprint density at radius 1 is 0.492 bits per heavy atom. The maximum Gasteiger partial charge on any atom is 0.434 e. The third-order valence-electron chi connectivity index (χ3n) is 8.22. The van der Waals surface area contributed by atoms with E-state index in [1.54, 1.807) is 62.3 Å². The molecule has 0 radical (unpaired) electrons. The number of esters is 1. The van der Waals surface area contributed by atoms with E-state index in [-0.39, 0.29) is 24.0 Å². The highest BCUT2D eigenvalue weighted by Gasteiger charge is 2.22. The first-order chi connectivity index (χ1) is 27.3. The molecule has 2 aromatic carbocycles. The number of Topliss-reactive ketones (excluding diaryl/α,β-unsaturated/α-hetero) is 1. The summed E-state index contributed by atoms with van der Waals surface area (Å²) in [7, 11) is 0. The topological polar surface area (TPSA) is 139 Å². The molecular weight excluding hydrogens is 749 g/mol. The van der Waals surface area contributed by atoms with Crippen LogP contribution in [0.1, 0.15) is 158 Å². The quantitative estimate of drug-likeness (QED) is 0.0521. The number of ether oxygens (including phenoxy) is 5. The average molecular weight is 821 g/mol. The van der Waals surface area contributed by atoms with Gasteiger partial charge >= 0.3 is 18.2 Å². The van der Waals surface area contributed by atoms with E-state index in [4.69, 9.17) is 23.7 Å². The smallest absolute Gasteiger partial charge is 0.434 e. The number of unbranched alkanes of at least 4 members (excludes halogenated alkanes) is 2. The summed E-state index contributed by atoms with van der Waals surface area (Å²) >= 11 is 0. The maximum atomic E-state index is 12.7. The SMILES string of the molecule is CC(C)(C)CC(=O)CC(CCCc1ccc(OCCCCCOc2ccc(CCCC(CC(=O)OC(C)(C)C)=NC(=O)OC(C)(C)C)cc2)cc1)=NC(=O)OC(C)(C)C. The van der Waals surface area contributed by atoms with Crippen LogP contribution in [0.4, 0.5) is 9.59 Å². The molecule has 0 unspecified atom stereocenters. The van der Waals surface area contributed by atoms with Gasteiger partial charge in [-0.2, -0.15) is 9.98 Å². The van der Waals surface area contributed by atoms with Gasteiger partial charge in [0.05, 0.1) is 19.6 Å². The number of benzene rings is 2. The molecule has 2 aromatic rings. The number of hydrogen-bond donors (Lipinski definition) is 0. The van der Waals surface area contributed by atoms with Crippen LogP contribution in [-0.2, 0) is 36.6 Å². The number of ketones is 1. The first kappa shape index (κ1) is 50.6. The Morgan fingerprint density at radius 2 is 0.881 bits per heavy atom. The Kier molecular flexibility index (Phi) is 20.5. The monoisotopic (exact) mass is 821 g/mol. The van der Waals surface area contributed by atoms with Crippen LogP contribution in [0.25, 0.3) is 0 Å². The molecule has 0 spiro atoms. The minimum atomic E-state index is -0.706. The zero-order valence-electron chi connectivity index (χ0n) is 38.1. The van der Waals surface area contributed by atoms with Crippen molar-refractivity contribution in [3.63, 3.8) is 0 Å². The van der Waals surface area contributed by atoms with E-state index in [9.17, 15) is 19.2 Å². The largest absolute Gasteiger partial charge is 0.494 e. The van der Waals surface area contributed by atoms with Gasteiger partial charge in [0.2, 0.25) is 0 Å². The molecule has 0 fully saturated rings. The molecule has 11 heteroatoms. The number of aryl methyl sites for hydroxylation is 2. The molecule has 0 saturated heterocycles. The Bertz CT molecular complexity index is 1560. The molecule has 2 rings (SSSR count). The standard InChI is InChI=1S/C48H72N2O9/c1-45(2,3)34-39(51)32-37(49-43(53)58-47(7,8)9)20-16-18-35-22-26-40(27-23-35)55-30-14-13-15-31-56-41-28-24-36(25-29-41)19-17-21-38(33-42(52)57-46(4,5)6)50-44(54)59-48(10,11)12/h22-29H,13-21,30-34H2,1-12H3. The molecule has 11 nitrogen and oxygen atoms in total. The van der Waals surface area contributed by atoms with Crippen molar-refractivity contribution in [3.8, 4) is 11.5 Å². The van der Waals surface area contributed by atoms with E-state index < -0.39 is 35.0 Å². The Balaban J connectivity index is 1.72. The van der Waals surface area contributed by atoms with Crippen LogP contribution in [0.15, 0.2) is 58.5 Å². The Labute approximate surface area is 354 Å². The number of hydrogen-bond acceptors (Lipinski definition) is 9. The third kappa shape index (κ3) is 26.2. The summed E-state index contributed by atoms with van der Waals surface area (Å²) in [6.45, 7) is 23.4. The molecule has 0 aliphatic heterocycles. The molecule has 0 atom stereocenters. The van der Waals surface area contributed by atoms with E-state index >= 15 is 0 Å². The minimum Gasteiger partial charge on any atom is -0.494 e. The van der Waals surface area contributed by atoms with Crippen molar-refractivity contribution in [1.29, 1.82) is 0 Å². The van der Waals surface area contributed by atoms with Crippen LogP contribution < -0.4 is 9.47 Å². The maximum absolute atomic E-state index is 12.7. The van der Waals surface area contributed by atoms with Gasteiger partial charge in [-0.15, -0.1) is 0 Å². The van der Waals surface area contributed by atoms with Crippen molar-refractivity contribution >= 4 is 35.4 Å². The van der Waals surface area contributed by atoms with E-state index in [0.717, 1.165) is 61.2 Å². The zero-order valence-corrected chi connectivity index (χ0v) is 38.1. The molecule has 2 amide bonds. The number of carbonyl (C=O) groups excluding carboxylic acids is 4. The minimum absolute atomic E-state index is 0.0631. The summed E-state index contributed by atoms with van der Waals surface area (Å²) in [5.41, 5.74) is 1.20. The van der Waals surface area contributed by atoms with Crippen LogP contribution >= 0.6 is 0 Å². The number of rotatable bonds is 21. The lowest BCUT2D eigenvalue weighted by Crippen LogP contribution is -2.26. The van der Waals surface area contributed by atoms with Crippen LogP contribution in [0.2, 0.25) is 0 Å². The summed E-state index contributed by atoms with van der Waals surface area (Å²) in [5, 5.41) is 0. The van der Waals surface area contributed by atoms with Gasteiger partial charge in [0.15, 0.2) is 0 Å². The second-order valence-electron chi connectivity index (χ2n) is 19.3. The Morgan fingerprint density at radius 3 is 1.25 bits per heavy atom. The number of nitrogens with zero attached hydrogens (tertiary/aromatic N) is 2. The van der Waals surface area contributed by atoms with Gasteiger partial charge in [-0.05, 0) is 161 Å². The predicted molar refractivity (Wildman–Crippen MR) is 235 cm³/mol. The first-order valence-electron chi connectivity index (χ1n) is 21.1. The van der Waals surface area contributed by atoms with Gasteiger partial charge in [0.1, 0.15) is 34.1 Å². The first-order valence-corrected chi connectivity index (χ1v) is 21.1. The van der Waals surface area contributed by atoms with Crippen molar-refractivity contribution in [2.75, 3.05) is 13.2 Å². The molecule has 0 aliphatic carbocycles.